The summed E-state index contributed by atoms with van der Waals surface area (Å²) in [5.74, 6) is 0.718. The molecule has 0 saturated heterocycles. The summed E-state index contributed by atoms with van der Waals surface area (Å²) in [6.45, 7) is 6.29. The number of nitro groups is 1. The van der Waals surface area contributed by atoms with Crippen LogP contribution in [0, 0.1) is 16.0 Å². The van der Waals surface area contributed by atoms with Gasteiger partial charge in [0.1, 0.15) is 5.15 Å². The van der Waals surface area contributed by atoms with Gasteiger partial charge in [-0.25, -0.2) is 4.98 Å². The molecule has 0 unspecified atom stereocenters. The zero-order valence-electron chi connectivity index (χ0n) is 12.3. The van der Waals surface area contributed by atoms with Crippen LogP contribution in [0.4, 0.5) is 11.5 Å². The number of likely N-dealkylation sites (N-methyl/N-ethyl adjacent to an activating group) is 1. The molecule has 0 spiro atoms. The van der Waals surface area contributed by atoms with Crippen LogP contribution in [0.1, 0.15) is 13.8 Å². The van der Waals surface area contributed by atoms with Gasteiger partial charge >= 0.3 is 5.69 Å². The molecular formula is C13H21ClN4O2. The zero-order valence-corrected chi connectivity index (χ0v) is 13.1. The number of aromatic nitrogens is 1. The Balaban J connectivity index is 3.10. The number of anilines is 1. The lowest BCUT2D eigenvalue weighted by atomic mass is 10.2. The van der Waals surface area contributed by atoms with E-state index in [0.29, 0.717) is 24.8 Å². The summed E-state index contributed by atoms with van der Waals surface area (Å²) in [6, 6.07) is 2.86. The number of hydrogen-bond acceptors (Lipinski definition) is 5. The Morgan fingerprint density at radius 1 is 1.35 bits per heavy atom. The first kappa shape index (κ1) is 16.7. The van der Waals surface area contributed by atoms with Gasteiger partial charge in [-0.2, -0.15) is 0 Å². The molecule has 112 valence electrons. The molecule has 0 aliphatic carbocycles. The standard InChI is InChI=1S/C13H21ClN4O2/c1-10(2)9-17(8-7-16(3)4)13-11(18(19)20)5-6-12(14)15-13/h5-6,10H,7-9H2,1-4H3. The van der Waals surface area contributed by atoms with Crippen molar-refractivity contribution in [2.45, 2.75) is 13.8 Å². The van der Waals surface area contributed by atoms with Gasteiger partial charge in [0.2, 0.25) is 5.82 Å². The molecule has 1 heterocycles. The molecule has 20 heavy (non-hydrogen) atoms. The van der Waals surface area contributed by atoms with Crippen LogP contribution in [0.15, 0.2) is 12.1 Å². The van der Waals surface area contributed by atoms with E-state index in [4.69, 9.17) is 11.6 Å². The minimum Gasteiger partial charge on any atom is -0.349 e. The molecule has 6 nitrogen and oxygen atoms in total. The number of rotatable bonds is 7. The molecule has 1 aromatic heterocycles. The third-order valence-electron chi connectivity index (χ3n) is 2.72. The van der Waals surface area contributed by atoms with Crippen LogP contribution in [0.3, 0.4) is 0 Å². The highest BCUT2D eigenvalue weighted by atomic mass is 35.5. The Kier molecular flexibility index (Phi) is 6.16. The molecule has 7 heteroatoms. The molecular weight excluding hydrogens is 280 g/mol. The van der Waals surface area contributed by atoms with Crippen molar-refractivity contribution in [2.24, 2.45) is 5.92 Å². The van der Waals surface area contributed by atoms with Gasteiger partial charge in [-0.15, -0.1) is 0 Å². The predicted octanol–water partition coefficient (Wildman–Crippen LogP) is 2.67. The molecule has 0 fully saturated rings. The van der Waals surface area contributed by atoms with Crippen molar-refractivity contribution in [1.82, 2.24) is 9.88 Å². The van der Waals surface area contributed by atoms with E-state index in [1.54, 1.807) is 0 Å². The SMILES string of the molecule is CC(C)CN(CCN(C)C)c1nc(Cl)ccc1[N+](=O)[O-]. The van der Waals surface area contributed by atoms with E-state index in [1.165, 1.54) is 12.1 Å². The summed E-state index contributed by atoms with van der Waals surface area (Å²) in [5.41, 5.74) is -0.00574. The Labute approximate surface area is 124 Å². The summed E-state index contributed by atoms with van der Waals surface area (Å²) in [6.07, 6.45) is 0. The molecule has 0 saturated carbocycles. The van der Waals surface area contributed by atoms with E-state index in [0.717, 1.165) is 6.54 Å². The van der Waals surface area contributed by atoms with Gasteiger partial charge in [-0.3, -0.25) is 10.1 Å². The highest BCUT2D eigenvalue weighted by Crippen LogP contribution is 2.28. The maximum atomic E-state index is 11.1. The van der Waals surface area contributed by atoms with E-state index in [9.17, 15) is 10.1 Å². The minimum atomic E-state index is -0.415. The summed E-state index contributed by atoms with van der Waals surface area (Å²) in [7, 11) is 3.93. The highest BCUT2D eigenvalue weighted by molar-refractivity contribution is 6.29. The molecule has 0 atom stereocenters. The van der Waals surface area contributed by atoms with Gasteiger partial charge in [0.05, 0.1) is 4.92 Å². The van der Waals surface area contributed by atoms with Gasteiger partial charge in [-0.05, 0) is 26.1 Å². The van der Waals surface area contributed by atoms with E-state index in [1.807, 2.05) is 23.9 Å². The Morgan fingerprint density at radius 3 is 2.50 bits per heavy atom. The lowest BCUT2D eigenvalue weighted by molar-refractivity contribution is -0.384. The summed E-state index contributed by atoms with van der Waals surface area (Å²) < 4.78 is 0. The van der Waals surface area contributed by atoms with Crippen LogP contribution >= 0.6 is 11.6 Å². The lowest BCUT2D eigenvalue weighted by Crippen LogP contribution is -2.35. The van der Waals surface area contributed by atoms with Crippen LogP contribution in [0.25, 0.3) is 0 Å². The van der Waals surface area contributed by atoms with Gasteiger partial charge in [0.25, 0.3) is 0 Å². The van der Waals surface area contributed by atoms with Crippen molar-refractivity contribution < 1.29 is 4.92 Å². The lowest BCUT2D eigenvalue weighted by Gasteiger charge is -2.26. The Hall–Kier alpha value is -1.40. The van der Waals surface area contributed by atoms with Crippen LogP contribution in [-0.2, 0) is 0 Å². The largest absolute Gasteiger partial charge is 0.349 e. The van der Waals surface area contributed by atoms with Gasteiger partial charge in [-0.1, -0.05) is 25.4 Å². The fourth-order valence-corrected chi connectivity index (χ4v) is 1.98. The summed E-state index contributed by atoms with van der Waals surface area (Å²) in [5, 5.41) is 11.4. The van der Waals surface area contributed by atoms with Crippen LogP contribution in [0.5, 0.6) is 0 Å². The monoisotopic (exact) mass is 300 g/mol. The highest BCUT2D eigenvalue weighted by Gasteiger charge is 2.22. The second-order valence-electron chi connectivity index (χ2n) is 5.38. The van der Waals surface area contributed by atoms with E-state index < -0.39 is 4.92 Å². The molecule has 0 amide bonds. The summed E-state index contributed by atoms with van der Waals surface area (Å²) >= 11 is 5.89. The molecule has 0 aliphatic heterocycles. The van der Waals surface area contributed by atoms with Crippen molar-refractivity contribution >= 4 is 23.1 Å². The van der Waals surface area contributed by atoms with Crippen LogP contribution < -0.4 is 4.90 Å². The number of nitrogens with zero attached hydrogens (tertiary/aromatic N) is 4. The smallest absolute Gasteiger partial charge is 0.311 e. The van der Waals surface area contributed by atoms with Crippen molar-refractivity contribution in [1.29, 1.82) is 0 Å². The molecule has 0 bridgehead atoms. The first-order valence-corrected chi connectivity index (χ1v) is 6.89. The van der Waals surface area contributed by atoms with Crippen LogP contribution in [-0.4, -0.2) is 48.5 Å². The minimum absolute atomic E-state index is 0.00574. The summed E-state index contributed by atoms with van der Waals surface area (Å²) in [4.78, 5) is 18.8. The Morgan fingerprint density at radius 2 is 2.00 bits per heavy atom. The third kappa shape index (κ3) is 4.94. The number of pyridine rings is 1. The average Bonchev–Trinajstić information content (AvgIpc) is 2.33. The molecule has 0 N–H and O–H groups in total. The van der Waals surface area contributed by atoms with Crippen molar-refractivity contribution in [3.8, 4) is 0 Å². The van der Waals surface area contributed by atoms with Crippen molar-refractivity contribution in [3.05, 3.63) is 27.4 Å². The first-order valence-electron chi connectivity index (χ1n) is 6.52. The quantitative estimate of drug-likeness (QED) is 0.440. The van der Waals surface area contributed by atoms with Gasteiger partial charge in [0.15, 0.2) is 0 Å². The maximum Gasteiger partial charge on any atom is 0.311 e. The Bertz CT molecular complexity index is 466. The van der Waals surface area contributed by atoms with Crippen LogP contribution in [0.2, 0.25) is 5.15 Å². The fourth-order valence-electron chi connectivity index (χ4n) is 1.84. The zero-order chi connectivity index (χ0) is 15.3. The molecule has 0 aromatic carbocycles. The van der Waals surface area contributed by atoms with E-state index >= 15 is 0 Å². The average molecular weight is 301 g/mol. The first-order chi connectivity index (χ1) is 9.31. The van der Waals surface area contributed by atoms with Crippen molar-refractivity contribution in [2.75, 3.05) is 38.6 Å². The normalized spacial score (nSPS) is 11.2. The molecule has 0 radical (unpaired) electrons. The predicted molar refractivity (Wildman–Crippen MR) is 81.5 cm³/mol. The number of hydrogen-bond donors (Lipinski definition) is 0. The molecule has 0 aliphatic rings. The van der Waals surface area contributed by atoms with E-state index in [-0.39, 0.29) is 10.8 Å². The third-order valence-corrected chi connectivity index (χ3v) is 2.93. The fraction of sp³-hybridized carbons (Fsp3) is 0.615. The maximum absolute atomic E-state index is 11.1. The molecule has 1 rings (SSSR count). The topological polar surface area (TPSA) is 62.5 Å². The molecule has 1 aromatic rings. The van der Waals surface area contributed by atoms with Gasteiger partial charge in [0, 0.05) is 25.7 Å². The number of halogens is 1. The van der Waals surface area contributed by atoms with Gasteiger partial charge < -0.3 is 9.80 Å². The second-order valence-corrected chi connectivity index (χ2v) is 5.76. The van der Waals surface area contributed by atoms with E-state index in [2.05, 4.69) is 18.8 Å². The van der Waals surface area contributed by atoms with Crippen molar-refractivity contribution in [3.63, 3.8) is 0 Å². The second kappa shape index (κ2) is 7.40.